The molecule has 18 heavy (non-hydrogen) atoms. The lowest BCUT2D eigenvalue weighted by Crippen LogP contribution is -2.24. The largest absolute Gasteiger partial charge is 0.310 e. The first-order chi connectivity index (χ1) is 8.49. The standard InChI is InChI=1S/C16H26FN/c1-6-11(3)8-15(18-7-2)16-12(4)9-14(17)10-13(16)5/h9-11,15,18H,6-8H2,1-5H3. The van der Waals surface area contributed by atoms with Gasteiger partial charge in [-0.1, -0.05) is 27.2 Å². The molecule has 0 aliphatic rings. The molecule has 2 heteroatoms. The zero-order valence-electron chi connectivity index (χ0n) is 12.3. The fraction of sp³-hybridized carbons (Fsp3) is 0.625. The summed E-state index contributed by atoms with van der Waals surface area (Å²) in [6, 6.07) is 3.62. The molecule has 1 rings (SSSR count). The minimum Gasteiger partial charge on any atom is -0.310 e. The lowest BCUT2D eigenvalue weighted by Gasteiger charge is -2.25. The third kappa shape index (κ3) is 3.81. The lowest BCUT2D eigenvalue weighted by atomic mass is 9.89. The first-order valence-electron chi connectivity index (χ1n) is 6.99. The van der Waals surface area contributed by atoms with Crippen LogP contribution in [0.2, 0.25) is 0 Å². The average molecular weight is 251 g/mol. The van der Waals surface area contributed by atoms with Gasteiger partial charge >= 0.3 is 0 Å². The highest BCUT2D eigenvalue weighted by atomic mass is 19.1. The quantitative estimate of drug-likeness (QED) is 0.783. The Kier molecular flexibility index (Phi) is 5.80. The number of aryl methyl sites for hydroxylation is 2. The van der Waals surface area contributed by atoms with Gasteiger partial charge in [-0.2, -0.15) is 0 Å². The van der Waals surface area contributed by atoms with Crippen LogP contribution < -0.4 is 5.32 Å². The maximum atomic E-state index is 13.4. The van der Waals surface area contributed by atoms with E-state index in [4.69, 9.17) is 0 Å². The molecular formula is C16H26FN. The minimum atomic E-state index is -0.132. The van der Waals surface area contributed by atoms with Gasteiger partial charge in [-0.05, 0) is 61.6 Å². The van der Waals surface area contributed by atoms with Crippen molar-refractivity contribution in [1.29, 1.82) is 0 Å². The SMILES string of the molecule is CCNC(CC(C)CC)c1c(C)cc(F)cc1C. The Hall–Kier alpha value is -0.890. The molecule has 0 radical (unpaired) electrons. The van der Waals surface area contributed by atoms with E-state index in [9.17, 15) is 4.39 Å². The van der Waals surface area contributed by atoms with Crippen molar-refractivity contribution in [2.24, 2.45) is 5.92 Å². The normalized spacial score (nSPS) is 14.6. The Balaban J connectivity index is 3.05. The number of halogens is 1. The van der Waals surface area contributed by atoms with Gasteiger partial charge in [0.25, 0.3) is 0 Å². The summed E-state index contributed by atoms with van der Waals surface area (Å²) in [5.74, 6) is 0.547. The van der Waals surface area contributed by atoms with E-state index >= 15 is 0 Å². The van der Waals surface area contributed by atoms with Crippen LogP contribution in [0.1, 0.15) is 56.3 Å². The predicted molar refractivity (Wildman–Crippen MR) is 76.4 cm³/mol. The molecule has 0 amide bonds. The fourth-order valence-electron chi connectivity index (χ4n) is 2.59. The summed E-state index contributed by atoms with van der Waals surface area (Å²) in [7, 11) is 0. The van der Waals surface area contributed by atoms with Gasteiger partial charge < -0.3 is 5.32 Å². The number of nitrogens with one attached hydrogen (secondary N) is 1. The van der Waals surface area contributed by atoms with E-state index in [2.05, 4.69) is 26.1 Å². The predicted octanol–water partition coefficient (Wildman–Crippen LogP) is 4.53. The molecule has 1 N–H and O–H groups in total. The van der Waals surface area contributed by atoms with E-state index in [0.717, 1.165) is 24.1 Å². The molecule has 1 aromatic rings. The van der Waals surface area contributed by atoms with Gasteiger partial charge in [-0.15, -0.1) is 0 Å². The summed E-state index contributed by atoms with van der Waals surface area (Å²) in [4.78, 5) is 0. The molecule has 2 atom stereocenters. The smallest absolute Gasteiger partial charge is 0.123 e. The molecule has 0 spiro atoms. The highest BCUT2D eigenvalue weighted by molar-refractivity contribution is 5.37. The Labute approximate surface area is 111 Å². The number of hydrogen-bond acceptors (Lipinski definition) is 1. The third-order valence-electron chi connectivity index (χ3n) is 3.69. The van der Waals surface area contributed by atoms with Crippen molar-refractivity contribution < 1.29 is 4.39 Å². The van der Waals surface area contributed by atoms with Gasteiger partial charge in [0.2, 0.25) is 0 Å². The zero-order valence-corrected chi connectivity index (χ0v) is 12.3. The van der Waals surface area contributed by atoms with Crippen molar-refractivity contribution >= 4 is 0 Å². The van der Waals surface area contributed by atoms with Gasteiger partial charge in [0.15, 0.2) is 0 Å². The second-order valence-corrected chi connectivity index (χ2v) is 5.31. The van der Waals surface area contributed by atoms with Gasteiger partial charge in [0.1, 0.15) is 5.82 Å². The second kappa shape index (κ2) is 6.89. The van der Waals surface area contributed by atoms with E-state index in [1.165, 1.54) is 12.0 Å². The van der Waals surface area contributed by atoms with Crippen LogP contribution in [0.3, 0.4) is 0 Å². The summed E-state index contributed by atoms with van der Waals surface area (Å²) < 4.78 is 13.4. The molecular weight excluding hydrogens is 225 g/mol. The van der Waals surface area contributed by atoms with Crippen molar-refractivity contribution in [3.63, 3.8) is 0 Å². The lowest BCUT2D eigenvalue weighted by molar-refractivity contribution is 0.406. The number of rotatable bonds is 6. The van der Waals surface area contributed by atoms with Crippen molar-refractivity contribution in [3.05, 3.63) is 34.6 Å². The topological polar surface area (TPSA) is 12.0 Å². The van der Waals surface area contributed by atoms with Crippen molar-refractivity contribution in [2.75, 3.05) is 6.54 Å². The van der Waals surface area contributed by atoms with Crippen LogP contribution in [0.4, 0.5) is 4.39 Å². The molecule has 0 bridgehead atoms. The third-order valence-corrected chi connectivity index (χ3v) is 3.69. The molecule has 2 unspecified atom stereocenters. The summed E-state index contributed by atoms with van der Waals surface area (Å²) >= 11 is 0. The van der Waals surface area contributed by atoms with Crippen LogP contribution in [0.25, 0.3) is 0 Å². The first-order valence-corrected chi connectivity index (χ1v) is 6.99. The van der Waals surface area contributed by atoms with E-state index in [0.29, 0.717) is 12.0 Å². The second-order valence-electron chi connectivity index (χ2n) is 5.31. The zero-order chi connectivity index (χ0) is 13.7. The van der Waals surface area contributed by atoms with E-state index in [-0.39, 0.29) is 5.82 Å². The van der Waals surface area contributed by atoms with Crippen LogP contribution >= 0.6 is 0 Å². The van der Waals surface area contributed by atoms with Crippen LogP contribution in [0.15, 0.2) is 12.1 Å². The number of hydrogen-bond donors (Lipinski definition) is 1. The van der Waals surface area contributed by atoms with Gasteiger partial charge in [0, 0.05) is 6.04 Å². The molecule has 0 aromatic heterocycles. The Morgan fingerprint density at radius 2 is 1.72 bits per heavy atom. The van der Waals surface area contributed by atoms with Crippen molar-refractivity contribution in [3.8, 4) is 0 Å². The fourth-order valence-corrected chi connectivity index (χ4v) is 2.59. The molecule has 1 aromatic carbocycles. The Morgan fingerprint density at radius 3 is 2.17 bits per heavy atom. The first kappa shape index (κ1) is 15.2. The Morgan fingerprint density at radius 1 is 1.17 bits per heavy atom. The maximum Gasteiger partial charge on any atom is 0.123 e. The summed E-state index contributed by atoms with van der Waals surface area (Å²) in [6.45, 7) is 11.6. The highest BCUT2D eigenvalue weighted by Gasteiger charge is 2.18. The molecule has 1 nitrogen and oxygen atoms in total. The molecule has 0 heterocycles. The maximum absolute atomic E-state index is 13.4. The summed E-state index contributed by atoms with van der Waals surface area (Å²) in [5, 5.41) is 3.54. The molecule has 102 valence electrons. The van der Waals surface area contributed by atoms with Crippen LogP contribution in [0, 0.1) is 25.6 Å². The van der Waals surface area contributed by atoms with E-state index in [1.807, 2.05) is 13.8 Å². The summed E-state index contributed by atoms with van der Waals surface area (Å²) in [5.41, 5.74) is 3.39. The van der Waals surface area contributed by atoms with E-state index < -0.39 is 0 Å². The molecule has 0 fully saturated rings. The van der Waals surface area contributed by atoms with Crippen molar-refractivity contribution in [2.45, 2.75) is 53.5 Å². The highest BCUT2D eigenvalue weighted by Crippen LogP contribution is 2.29. The summed E-state index contributed by atoms with van der Waals surface area (Å²) in [6.07, 6.45) is 2.29. The monoisotopic (exact) mass is 251 g/mol. The Bertz CT molecular complexity index is 364. The number of benzene rings is 1. The van der Waals surface area contributed by atoms with Crippen LogP contribution in [-0.4, -0.2) is 6.54 Å². The molecule has 0 saturated carbocycles. The van der Waals surface area contributed by atoms with Gasteiger partial charge in [0.05, 0.1) is 0 Å². The van der Waals surface area contributed by atoms with Gasteiger partial charge in [-0.3, -0.25) is 0 Å². The van der Waals surface area contributed by atoms with Crippen LogP contribution in [0.5, 0.6) is 0 Å². The van der Waals surface area contributed by atoms with Gasteiger partial charge in [-0.25, -0.2) is 4.39 Å². The van der Waals surface area contributed by atoms with Crippen molar-refractivity contribution in [1.82, 2.24) is 5.32 Å². The molecule has 0 aliphatic heterocycles. The van der Waals surface area contributed by atoms with E-state index in [1.54, 1.807) is 12.1 Å². The molecule has 0 saturated heterocycles. The molecule has 0 aliphatic carbocycles. The van der Waals surface area contributed by atoms with Crippen LogP contribution in [-0.2, 0) is 0 Å². The minimum absolute atomic E-state index is 0.132. The average Bonchev–Trinajstić information content (AvgIpc) is 2.27.